The number of aryl methyl sites for hydroxylation is 1. The molecular weight excluding hydrogens is 274 g/mol. The van der Waals surface area contributed by atoms with E-state index in [0.29, 0.717) is 5.56 Å². The van der Waals surface area contributed by atoms with E-state index in [4.69, 9.17) is 4.74 Å². The fourth-order valence-electron chi connectivity index (χ4n) is 2.90. The van der Waals surface area contributed by atoms with E-state index in [9.17, 15) is 4.79 Å². The molecule has 3 heteroatoms. The predicted molar refractivity (Wildman–Crippen MR) is 86.7 cm³/mol. The van der Waals surface area contributed by atoms with E-state index < -0.39 is 0 Å². The van der Waals surface area contributed by atoms with Crippen molar-refractivity contribution in [1.82, 2.24) is 5.32 Å². The second-order valence-electron chi connectivity index (χ2n) is 5.94. The summed E-state index contributed by atoms with van der Waals surface area (Å²) < 4.78 is 4.78. The van der Waals surface area contributed by atoms with Crippen molar-refractivity contribution in [3.63, 3.8) is 0 Å². The van der Waals surface area contributed by atoms with Crippen LogP contribution in [0.25, 0.3) is 0 Å². The van der Waals surface area contributed by atoms with Crippen LogP contribution >= 0.6 is 0 Å². The predicted octanol–water partition coefficient (Wildman–Crippen LogP) is 3.56. The Morgan fingerprint density at radius 1 is 1.18 bits per heavy atom. The van der Waals surface area contributed by atoms with Crippen molar-refractivity contribution in [3.05, 3.63) is 70.8 Å². The number of carbonyl (C=O) groups is 1. The van der Waals surface area contributed by atoms with E-state index in [2.05, 4.69) is 41.7 Å². The summed E-state index contributed by atoms with van der Waals surface area (Å²) in [5.74, 6) is -0.278. The van der Waals surface area contributed by atoms with E-state index in [1.54, 1.807) is 0 Å². The van der Waals surface area contributed by atoms with E-state index >= 15 is 0 Å². The highest BCUT2D eigenvalue weighted by Gasteiger charge is 2.43. The molecule has 1 aliphatic carbocycles. The molecule has 0 atom stereocenters. The first-order chi connectivity index (χ1) is 10.6. The lowest BCUT2D eigenvalue weighted by atomic mass is 10.0. The lowest BCUT2D eigenvalue weighted by molar-refractivity contribution is 0.0600. The van der Waals surface area contributed by atoms with E-state index in [1.807, 2.05) is 19.1 Å². The third-order valence-electron chi connectivity index (χ3n) is 4.40. The average molecular weight is 295 g/mol. The molecule has 2 aromatic rings. The van der Waals surface area contributed by atoms with Crippen LogP contribution in [0.2, 0.25) is 0 Å². The molecule has 0 amide bonds. The molecular formula is C19H21NO2. The maximum Gasteiger partial charge on any atom is 0.338 e. The van der Waals surface area contributed by atoms with Crippen molar-refractivity contribution in [2.24, 2.45) is 0 Å². The minimum absolute atomic E-state index is 0.135. The smallest absolute Gasteiger partial charge is 0.338 e. The summed E-state index contributed by atoms with van der Waals surface area (Å²) in [6.45, 7) is 2.75. The Morgan fingerprint density at radius 3 is 2.50 bits per heavy atom. The molecule has 0 aliphatic heterocycles. The summed E-state index contributed by atoms with van der Waals surface area (Å²) in [6.07, 6.45) is 2.35. The number of rotatable bonds is 5. The molecule has 0 bridgehead atoms. The molecule has 1 saturated carbocycles. The quantitative estimate of drug-likeness (QED) is 0.857. The molecule has 22 heavy (non-hydrogen) atoms. The number of ether oxygens (including phenoxy) is 1. The summed E-state index contributed by atoms with van der Waals surface area (Å²) in [5, 5.41) is 3.68. The summed E-state index contributed by atoms with van der Waals surface area (Å²) in [4.78, 5) is 11.6. The van der Waals surface area contributed by atoms with Gasteiger partial charge in [-0.3, -0.25) is 0 Å². The number of hydrogen-bond acceptors (Lipinski definition) is 3. The van der Waals surface area contributed by atoms with E-state index in [1.165, 1.54) is 31.1 Å². The number of esters is 1. The summed E-state index contributed by atoms with van der Waals surface area (Å²) in [6, 6.07) is 16.5. The van der Waals surface area contributed by atoms with Crippen LogP contribution in [0.15, 0.2) is 48.5 Å². The highest BCUT2D eigenvalue weighted by Crippen LogP contribution is 2.45. The van der Waals surface area contributed by atoms with Gasteiger partial charge >= 0.3 is 5.97 Å². The van der Waals surface area contributed by atoms with Gasteiger partial charge in [-0.25, -0.2) is 4.79 Å². The van der Waals surface area contributed by atoms with Crippen molar-refractivity contribution in [1.29, 1.82) is 0 Å². The molecule has 114 valence electrons. The fraction of sp³-hybridized carbons (Fsp3) is 0.316. The van der Waals surface area contributed by atoms with Crippen molar-refractivity contribution >= 4 is 5.97 Å². The van der Waals surface area contributed by atoms with E-state index in [0.717, 1.165) is 12.1 Å². The number of nitrogens with one attached hydrogen (secondary N) is 1. The third kappa shape index (κ3) is 2.90. The molecule has 3 nitrogen and oxygen atoms in total. The molecule has 1 aliphatic rings. The minimum Gasteiger partial charge on any atom is -0.465 e. The molecule has 3 rings (SSSR count). The minimum atomic E-state index is -0.278. The molecule has 0 aromatic heterocycles. The van der Waals surface area contributed by atoms with Crippen molar-refractivity contribution in [3.8, 4) is 0 Å². The highest BCUT2D eigenvalue weighted by atomic mass is 16.5. The highest BCUT2D eigenvalue weighted by molar-refractivity contribution is 5.90. The first-order valence-electron chi connectivity index (χ1n) is 7.63. The fourth-order valence-corrected chi connectivity index (χ4v) is 2.90. The summed E-state index contributed by atoms with van der Waals surface area (Å²) >= 11 is 0. The van der Waals surface area contributed by atoms with Crippen LogP contribution in [-0.2, 0) is 16.8 Å². The van der Waals surface area contributed by atoms with Gasteiger partial charge in [0.15, 0.2) is 0 Å². The van der Waals surface area contributed by atoms with Gasteiger partial charge in [-0.2, -0.15) is 0 Å². The van der Waals surface area contributed by atoms with Gasteiger partial charge in [0.25, 0.3) is 0 Å². The zero-order valence-corrected chi connectivity index (χ0v) is 13.1. The largest absolute Gasteiger partial charge is 0.465 e. The molecule has 0 spiro atoms. The Hall–Kier alpha value is -2.13. The Morgan fingerprint density at radius 2 is 1.91 bits per heavy atom. The molecule has 0 heterocycles. The van der Waals surface area contributed by atoms with Crippen molar-refractivity contribution in [2.75, 3.05) is 7.11 Å². The Labute approximate surface area is 131 Å². The van der Waals surface area contributed by atoms with Gasteiger partial charge in [0.1, 0.15) is 0 Å². The Balaban J connectivity index is 1.70. The standard InChI is InChI=1S/C19H21NO2/c1-14-12-15(8-9-17(14)18(21)22-2)13-20-19(10-11-19)16-6-4-3-5-7-16/h3-9,12,20H,10-11,13H2,1-2H3. The van der Waals surface area contributed by atoms with Gasteiger partial charge in [-0.05, 0) is 42.5 Å². The summed E-state index contributed by atoms with van der Waals surface area (Å²) in [5.41, 5.74) is 4.27. The zero-order valence-electron chi connectivity index (χ0n) is 13.1. The second kappa shape index (κ2) is 5.93. The van der Waals surface area contributed by atoms with Crippen molar-refractivity contribution < 1.29 is 9.53 Å². The number of carbonyl (C=O) groups excluding carboxylic acids is 1. The average Bonchev–Trinajstić information content (AvgIpc) is 3.34. The van der Waals surface area contributed by atoms with Crippen LogP contribution in [0, 0.1) is 6.92 Å². The first kappa shape index (κ1) is 14.8. The maximum atomic E-state index is 11.6. The second-order valence-corrected chi connectivity index (χ2v) is 5.94. The molecule has 0 radical (unpaired) electrons. The van der Waals surface area contributed by atoms with Crippen LogP contribution in [0.3, 0.4) is 0 Å². The lowest BCUT2D eigenvalue weighted by Gasteiger charge is -2.18. The van der Waals surface area contributed by atoms with Gasteiger partial charge in [0.05, 0.1) is 12.7 Å². The molecule has 0 saturated heterocycles. The van der Waals surface area contributed by atoms with Crippen LogP contribution in [-0.4, -0.2) is 13.1 Å². The zero-order chi connectivity index (χ0) is 15.6. The Kier molecular flexibility index (Phi) is 3.99. The number of benzene rings is 2. The number of hydrogen-bond donors (Lipinski definition) is 1. The molecule has 0 unspecified atom stereocenters. The third-order valence-corrected chi connectivity index (χ3v) is 4.40. The molecule has 2 aromatic carbocycles. The van der Waals surface area contributed by atoms with Crippen LogP contribution in [0.5, 0.6) is 0 Å². The first-order valence-corrected chi connectivity index (χ1v) is 7.63. The molecule has 1 N–H and O–H groups in total. The van der Waals surface area contributed by atoms with Crippen LogP contribution < -0.4 is 5.32 Å². The lowest BCUT2D eigenvalue weighted by Crippen LogP contribution is -2.28. The van der Waals surface area contributed by atoms with Gasteiger partial charge in [0.2, 0.25) is 0 Å². The number of methoxy groups -OCH3 is 1. The van der Waals surface area contributed by atoms with Gasteiger partial charge in [-0.1, -0.05) is 42.5 Å². The van der Waals surface area contributed by atoms with Gasteiger partial charge in [0, 0.05) is 12.1 Å². The normalized spacial score (nSPS) is 15.4. The summed E-state index contributed by atoms with van der Waals surface area (Å²) in [7, 11) is 1.41. The topological polar surface area (TPSA) is 38.3 Å². The maximum absolute atomic E-state index is 11.6. The van der Waals surface area contributed by atoms with Crippen LogP contribution in [0.1, 0.15) is 39.9 Å². The van der Waals surface area contributed by atoms with E-state index in [-0.39, 0.29) is 11.5 Å². The Bertz CT molecular complexity index is 675. The van der Waals surface area contributed by atoms with Gasteiger partial charge in [-0.15, -0.1) is 0 Å². The SMILES string of the molecule is COC(=O)c1ccc(CNC2(c3ccccc3)CC2)cc1C. The van der Waals surface area contributed by atoms with Crippen LogP contribution in [0.4, 0.5) is 0 Å². The molecule has 1 fully saturated rings. The van der Waals surface area contributed by atoms with Gasteiger partial charge < -0.3 is 10.1 Å². The van der Waals surface area contributed by atoms with Crippen molar-refractivity contribution in [2.45, 2.75) is 31.8 Å². The monoisotopic (exact) mass is 295 g/mol.